The topological polar surface area (TPSA) is 0 Å². The third kappa shape index (κ3) is 9.56. The largest absolute Gasteiger partial charge is 0.106 e. The molecule has 35 heavy (non-hydrogen) atoms. The number of benzene rings is 4. The molecule has 4 aromatic carbocycles. The van der Waals surface area contributed by atoms with Crippen LogP contribution in [0.5, 0.6) is 0 Å². The molecule has 0 nitrogen and oxygen atoms in total. The van der Waals surface area contributed by atoms with Crippen molar-refractivity contribution < 1.29 is 16.5 Å². The van der Waals surface area contributed by atoms with Gasteiger partial charge in [-0.05, 0) is 22.3 Å². The van der Waals surface area contributed by atoms with Crippen molar-refractivity contribution >= 4 is 68.3 Å². The van der Waals surface area contributed by atoms with E-state index in [1.807, 2.05) is 121 Å². The van der Waals surface area contributed by atoms with Gasteiger partial charge in [0.15, 0.2) is 0 Å². The minimum absolute atomic E-state index is 0. The molecule has 0 radical (unpaired) electrons. The maximum Gasteiger partial charge on any atom is 0.0636 e. The molecule has 0 aliphatic heterocycles. The smallest absolute Gasteiger partial charge is 0.0636 e. The molecule has 0 unspecified atom stereocenters. The van der Waals surface area contributed by atoms with Crippen LogP contribution in [0.25, 0.3) is 0 Å². The fourth-order valence-corrected chi connectivity index (χ4v) is 3.90. The Hall–Kier alpha value is -2.53. The van der Waals surface area contributed by atoms with E-state index in [9.17, 15) is 0 Å². The Morgan fingerprint density at radius 3 is 0.629 bits per heavy atom. The first kappa shape index (κ1) is 30.5. The normalized spacial score (nSPS) is 9.03. The average Bonchev–Trinajstić information content (AvgIpc) is 2.94. The number of thiocarbonyl (C=S) groups is 4. The Labute approximate surface area is 240 Å². The molecule has 4 aromatic rings. The summed E-state index contributed by atoms with van der Waals surface area (Å²) in [6.45, 7) is 6.00. The van der Waals surface area contributed by atoms with Crippen molar-refractivity contribution in [1.82, 2.24) is 0 Å². The summed E-state index contributed by atoms with van der Waals surface area (Å²) in [5.41, 5.74) is 4.02. The number of rotatable bonds is 6. The molecular weight excluding hydrogens is 547 g/mol. The second-order valence-electron chi connectivity index (χ2n) is 6.78. The van der Waals surface area contributed by atoms with E-state index in [0.717, 1.165) is 41.7 Å². The molecule has 4 rings (SSSR count). The van der Waals surface area contributed by atoms with E-state index in [2.05, 4.69) is 13.2 Å². The summed E-state index contributed by atoms with van der Waals surface area (Å²) >= 11 is 21.5. The van der Waals surface area contributed by atoms with Crippen LogP contribution in [0.4, 0.5) is 0 Å². The zero-order valence-corrected chi connectivity index (χ0v) is 23.2. The van der Waals surface area contributed by atoms with Gasteiger partial charge in [0.2, 0.25) is 0 Å². The van der Waals surface area contributed by atoms with Crippen LogP contribution in [0.2, 0.25) is 0 Å². The standard InChI is InChI=1S/2C14H10S2.C2H4.Ni/c2*15-13(11-7-3-1-4-8-11)14(16)12-9-5-2-6-10-12;1-2;/h2*1-10H;1-2H2;. The molecular formula is C30H24NiS4. The van der Waals surface area contributed by atoms with Crippen LogP contribution in [0.15, 0.2) is 134 Å². The van der Waals surface area contributed by atoms with Gasteiger partial charge in [0.1, 0.15) is 0 Å². The van der Waals surface area contributed by atoms with E-state index in [1.54, 1.807) is 0 Å². The van der Waals surface area contributed by atoms with E-state index < -0.39 is 0 Å². The van der Waals surface area contributed by atoms with E-state index in [1.165, 1.54) is 0 Å². The van der Waals surface area contributed by atoms with Crippen LogP contribution in [0.1, 0.15) is 22.3 Å². The van der Waals surface area contributed by atoms with Crippen molar-refractivity contribution in [3.63, 3.8) is 0 Å². The van der Waals surface area contributed by atoms with Crippen LogP contribution in [-0.4, -0.2) is 19.5 Å². The predicted molar refractivity (Wildman–Crippen MR) is 164 cm³/mol. The van der Waals surface area contributed by atoms with Crippen molar-refractivity contribution in [3.05, 3.63) is 157 Å². The quantitative estimate of drug-likeness (QED) is 0.0986. The third-order valence-electron chi connectivity index (χ3n) is 4.56. The molecule has 0 aliphatic rings. The maximum atomic E-state index is 5.38. The van der Waals surface area contributed by atoms with Crippen LogP contribution in [0.3, 0.4) is 0 Å². The van der Waals surface area contributed by atoms with Crippen molar-refractivity contribution in [2.24, 2.45) is 0 Å². The number of hydrogen-bond donors (Lipinski definition) is 0. The van der Waals surface area contributed by atoms with Crippen molar-refractivity contribution in [2.45, 2.75) is 0 Å². The molecule has 0 aliphatic carbocycles. The molecule has 0 spiro atoms. The molecule has 0 heterocycles. The summed E-state index contributed by atoms with van der Waals surface area (Å²) in [5.74, 6) is 0. The van der Waals surface area contributed by atoms with Gasteiger partial charge in [-0.2, -0.15) is 0 Å². The fourth-order valence-electron chi connectivity index (χ4n) is 2.88. The summed E-state index contributed by atoms with van der Waals surface area (Å²) < 4.78 is 0. The Morgan fingerprint density at radius 2 is 0.486 bits per heavy atom. The molecule has 0 atom stereocenters. The van der Waals surface area contributed by atoms with Crippen molar-refractivity contribution in [1.29, 1.82) is 0 Å². The molecule has 0 saturated carbocycles. The Kier molecular flexibility index (Phi) is 14.8. The van der Waals surface area contributed by atoms with Gasteiger partial charge in [0.25, 0.3) is 0 Å². The third-order valence-corrected chi connectivity index (χ3v) is 6.57. The Balaban J connectivity index is 0.000000318. The monoisotopic (exact) mass is 570 g/mol. The van der Waals surface area contributed by atoms with Gasteiger partial charge >= 0.3 is 0 Å². The van der Waals surface area contributed by atoms with Gasteiger partial charge < -0.3 is 0 Å². The molecule has 5 heteroatoms. The first-order valence-corrected chi connectivity index (χ1v) is 12.1. The summed E-state index contributed by atoms with van der Waals surface area (Å²) in [6.07, 6.45) is 0. The van der Waals surface area contributed by atoms with Gasteiger partial charge in [0.05, 0.1) is 19.5 Å². The van der Waals surface area contributed by atoms with Gasteiger partial charge in [-0.1, -0.05) is 170 Å². The molecule has 0 saturated heterocycles. The average molecular weight is 571 g/mol. The Morgan fingerprint density at radius 1 is 0.343 bits per heavy atom. The Bertz CT molecular complexity index is 1020. The van der Waals surface area contributed by atoms with Crippen LogP contribution >= 0.6 is 48.9 Å². The van der Waals surface area contributed by atoms with Crippen LogP contribution < -0.4 is 0 Å². The molecule has 0 amide bonds. The zero-order valence-electron chi connectivity index (χ0n) is 18.9. The first-order valence-electron chi connectivity index (χ1n) is 10.5. The molecule has 0 fully saturated rings. The molecule has 0 N–H and O–H groups in total. The van der Waals surface area contributed by atoms with Gasteiger partial charge in [-0.3, -0.25) is 0 Å². The molecule has 0 bridgehead atoms. The van der Waals surface area contributed by atoms with Crippen LogP contribution in [-0.2, 0) is 16.5 Å². The summed E-state index contributed by atoms with van der Waals surface area (Å²) in [4.78, 5) is 2.95. The minimum atomic E-state index is 0. The van der Waals surface area contributed by atoms with E-state index >= 15 is 0 Å². The molecule has 178 valence electrons. The van der Waals surface area contributed by atoms with Gasteiger partial charge in [0, 0.05) is 16.5 Å². The zero-order chi connectivity index (χ0) is 24.8. The van der Waals surface area contributed by atoms with E-state index in [-0.39, 0.29) is 16.5 Å². The second-order valence-corrected chi connectivity index (χ2v) is 8.41. The maximum absolute atomic E-state index is 5.38. The van der Waals surface area contributed by atoms with E-state index in [0.29, 0.717) is 0 Å². The second kappa shape index (κ2) is 17.0. The first-order chi connectivity index (χ1) is 16.6. The minimum Gasteiger partial charge on any atom is -0.106 e. The SMILES string of the molecule is C=C.S=C(C(=S)c1ccccc1)c1ccccc1.S=C(C(=S)c1ccccc1)c1ccccc1.[Ni]. The van der Waals surface area contributed by atoms with Crippen LogP contribution in [0, 0.1) is 0 Å². The number of hydrogen-bond acceptors (Lipinski definition) is 4. The van der Waals surface area contributed by atoms with Crippen molar-refractivity contribution in [3.8, 4) is 0 Å². The summed E-state index contributed by atoms with van der Waals surface area (Å²) in [7, 11) is 0. The summed E-state index contributed by atoms with van der Waals surface area (Å²) in [5, 5.41) is 0. The fraction of sp³-hybridized carbons (Fsp3) is 0. The summed E-state index contributed by atoms with van der Waals surface area (Å²) in [6, 6.07) is 39.5. The van der Waals surface area contributed by atoms with Crippen molar-refractivity contribution in [2.75, 3.05) is 0 Å². The van der Waals surface area contributed by atoms with Gasteiger partial charge in [-0.15, -0.1) is 13.2 Å². The molecule has 0 aromatic heterocycles. The van der Waals surface area contributed by atoms with E-state index in [4.69, 9.17) is 48.9 Å². The predicted octanol–water partition coefficient (Wildman–Crippen LogP) is 8.45. The van der Waals surface area contributed by atoms with Gasteiger partial charge in [-0.25, -0.2) is 0 Å².